The minimum absolute atomic E-state index is 0.547. The summed E-state index contributed by atoms with van der Waals surface area (Å²) in [6.07, 6.45) is 0. The molecule has 0 spiro atoms. The van der Waals surface area contributed by atoms with E-state index in [1.807, 2.05) is 0 Å². The normalized spacial score (nSPS) is 14.7. The van der Waals surface area contributed by atoms with E-state index in [0.717, 1.165) is 12.1 Å². The topological polar surface area (TPSA) is 24.1 Å². The third kappa shape index (κ3) is 8.14. The molecule has 0 aliphatic carbocycles. The molecule has 9 heavy (non-hydrogen) atoms. The number of nitrogens with one attached hydrogen (secondary N) is 2. The van der Waals surface area contributed by atoms with Crippen LogP contribution >= 0.6 is 0 Å². The van der Waals surface area contributed by atoms with E-state index in [9.17, 15) is 0 Å². The molecule has 0 aliphatic heterocycles. The van der Waals surface area contributed by atoms with Crippen LogP contribution in [0.2, 0.25) is 5.54 Å². The highest BCUT2D eigenvalue weighted by molar-refractivity contribution is 6.11. The molecule has 0 fully saturated rings. The second-order valence-corrected chi connectivity index (χ2v) is 5.04. The van der Waals surface area contributed by atoms with Crippen molar-refractivity contribution in [2.45, 2.75) is 32.4 Å². The number of hydrogen-bond donors (Lipinski definition) is 2. The predicted octanol–water partition coefficient (Wildman–Crippen LogP) is -0.337. The molecule has 0 saturated heterocycles. The smallest absolute Gasteiger partial charge is 0.0156 e. The fourth-order valence-electron chi connectivity index (χ4n) is 0.467. The fourth-order valence-corrected chi connectivity index (χ4v) is 0.671. The van der Waals surface area contributed by atoms with Gasteiger partial charge in [-0.1, -0.05) is 6.92 Å². The van der Waals surface area contributed by atoms with E-state index in [0.29, 0.717) is 6.04 Å². The van der Waals surface area contributed by atoms with Crippen LogP contribution in [0.5, 0.6) is 0 Å². The van der Waals surface area contributed by atoms with Gasteiger partial charge in [0, 0.05) is 22.8 Å². The summed E-state index contributed by atoms with van der Waals surface area (Å²) in [6.45, 7) is 7.61. The molecule has 2 N–H and O–H groups in total. The van der Waals surface area contributed by atoms with Crippen molar-refractivity contribution in [3.05, 3.63) is 0 Å². The van der Waals surface area contributed by atoms with Crippen molar-refractivity contribution >= 4 is 10.2 Å². The molecule has 1 unspecified atom stereocenters. The van der Waals surface area contributed by atoms with Crippen LogP contribution < -0.4 is 10.9 Å². The molecule has 0 aromatic heterocycles. The molecule has 0 bridgehead atoms. The van der Waals surface area contributed by atoms with Gasteiger partial charge >= 0.3 is 0 Å². The molecular weight excluding hydrogens is 128 g/mol. The first-order chi connectivity index (χ1) is 4.13. The van der Waals surface area contributed by atoms with E-state index in [1.54, 1.807) is 0 Å². The zero-order chi connectivity index (χ0) is 7.28. The number of hydrazine groups is 1. The van der Waals surface area contributed by atoms with Gasteiger partial charge in [0.25, 0.3) is 0 Å². The SMILES string of the molecule is CC([SiH3])CNNC(C)C. The van der Waals surface area contributed by atoms with E-state index >= 15 is 0 Å². The van der Waals surface area contributed by atoms with Crippen molar-refractivity contribution in [1.29, 1.82) is 0 Å². The third-order valence-corrected chi connectivity index (χ3v) is 1.31. The minimum atomic E-state index is 0.547. The molecule has 0 rings (SSSR count). The molecule has 0 amide bonds. The molecule has 1 atom stereocenters. The van der Waals surface area contributed by atoms with Gasteiger partial charge in [-0.3, -0.25) is 10.9 Å². The Labute approximate surface area is 60.8 Å². The van der Waals surface area contributed by atoms with Crippen LogP contribution in [0.15, 0.2) is 0 Å². The summed E-state index contributed by atoms with van der Waals surface area (Å²) in [6, 6.07) is 0.547. The van der Waals surface area contributed by atoms with Gasteiger partial charge in [-0.05, 0) is 19.4 Å². The zero-order valence-corrected chi connectivity index (χ0v) is 8.86. The van der Waals surface area contributed by atoms with Crippen molar-refractivity contribution < 1.29 is 0 Å². The molecular formula is C6H18N2Si. The minimum Gasteiger partial charge on any atom is -0.258 e. The fraction of sp³-hybridized carbons (Fsp3) is 1.00. The van der Waals surface area contributed by atoms with Crippen LogP contribution in [0.1, 0.15) is 20.8 Å². The third-order valence-electron chi connectivity index (χ3n) is 0.901. The average molecular weight is 146 g/mol. The average Bonchev–Trinajstić information content (AvgIpc) is 1.63. The Morgan fingerprint density at radius 2 is 1.89 bits per heavy atom. The van der Waals surface area contributed by atoms with Crippen molar-refractivity contribution in [3.63, 3.8) is 0 Å². The lowest BCUT2D eigenvalue weighted by Gasteiger charge is -2.11. The molecule has 2 nitrogen and oxygen atoms in total. The molecule has 0 aromatic rings. The summed E-state index contributed by atoms with van der Waals surface area (Å²) in [5.41, 5.74) is 7.18. The molecule has 0 aliphatic rings. The second kappa shape index (κ2) is 4.96. The standard InChI is InChI=1S/C6H18N2Si/c1-5(2)8-7-4-6(3)9/h5-8H,4H2,1-3,9H3. The van der Waals surface area contributed by atoms with Gasteiger partial charge < -0.3 is 0 Å². The maximum Gasteiger partial charge on any atom is 0.0156 e. The van der Waals surface area contributed by atoms with Crippen LogP contribution in [0.4, 0.5) is 0 Å². The highest BCUT2D eigenvalue weighted by atomic mass is 28.1. The summed E-state index contributed by atoms with van der Waals surface area (Å²) < 4.78 is 0. The Hall–Kier alpha value is 0.137. The first kappa shape index (κ1) is 9.14. The molecule has 0 radical (unpaired) electrons. The molecule has 0 saturated carbocycles. The first-order valence-electron chi connectivity index (χ1n) is 3.61. The highest BCUT2D eigenvalue weighted by Gasteiger charge is 1.92. The second-order valence-electron chi connectivity index (χ2n) is 3.07. The molecule has 0 aromatic carbocycles. The Balaban J connectivity index is 2.91. The maximum absolute atomic E-state index is 3.17. The van der Waals surface area contributed by atoms with Gasteiger partial charge in [0.15, 0.2) is 0 Å². The van der Waals surface area contributed by atoms with Gasteiger partial charge in [-0.25, -0.2) is 0 Å². The zero-order valence-electron chi connectivity index (χ0n) is 6.86. The van der Waals surface area contributed by atoms with E-state index in [-0.39, 0.29) is 0 Å². The van der Waals surface area contributed by atoms with E-state index < -0.39 is 0 Å². The number of hydrogen-bond acceptors (Lipinski definition) is 2. The van der Waals surface area contributed by atoms with Gasteiger partial charge in [0.05, 0.1) is 0 Å². The lowest BCUT2D eigenvalue weighted by molar-refractivity contribution is 0.472. The Bertz CT molecular complexity index is 56.1. The first-order valence-corrected chi connectivity index (χ1v) is 4.76. The van der Waals surface area contributed by atoms with Crippen LogP contribution in [0.3, 0.4) is 0 Å². The summed E-state index contributed by atoms with van der Waals surface area (Å²) in [5.74, 6) is 0. The summed E-state index contributed by atoms with van der Waals surface area (Å²) in [7, 11) is 1.28. The van der Waals surface area contributed by atoms with Crippen LogP contribution in [0.25, 0.3) is 0 Å². The summed E-state index contributed by atoms with van der Waals surface area (Å²) in [5, 5.41) is 0. The van der Waals surface area contributed by atoms with E-state index in [1.165, 1.54) is 10.2 Å². The lowest BCUT2D eigenvalue weighted by atomic mass is 10.4. The Morgan fingerprint density at radius 1 is 1.33 bits per heavy atom. The van der Waals surface area contributed by atoms with Crippen LogP contribution in [-0.4, -0.2) is 22.8 Å². The maximum atomic E-state index is 3.17. The highest BCUT2D eigenvalue weighted by Crippen LogP contribution is 1.88. The van der Waals surface area contributed by atoms with Gasteiger partial charge in [0.2, 0.25) is 0 Å². The predicted molar refractivity (Wildman–Crippen MR) is 45.6 cm³/mol. The van der Waals surface area contributed by atoms with E-state index in [2.05, 4.69) is 31.6 Å². The van der Waals surface area contributed by atoms with Crippen LogP contribution in [-0.2, 0) is 0 Å². The summed E-state index contributed by atoms with van der Waals surface area (Å²) in [4.78, 5) is 0. The Morgan fingerprint density at radius 3 is 2.22 bits per heavy atom. The van der Waals surface area contributed by atoms with Gasteiger partial charge in [-0.15, -0.1) is 0 Å². The quantitative estimate of drug-likeness (QED) is 0.419. The van der Waals surface area contributed by atoms with Crippen molar-refractivity contribution in [2.24, 2.45) is 0 Å². The Kier molecular flexibility index (Phi) is 5.04. The monoisotopic (exact) mass is 146 g/mol. The van der Waals surface area contributed by atoms with Crippen molar-refractivity contribution in [2.75, 3.05) is 6.54 Å². The van der Waals surface area contributed by atoms with Gasteiger partial charge in [-0.2, -0.15) is 0 Å². The molecule has 3 heteroatoms. The molecule has 56 valence electrons. The molecule has 0 heterocycles. The number of rotatable bonds is 4. The van der Waals surface area contributed by atoms with Crippen molar-refractivity contribution in [3.8, 4) is 0 Å². The summed E-state index contributed by atoms with van der Waals surface area (Å²) >= 11 is 0. The van der Waals surface area contributed by atoms with E-state index in [4.69, 9.17) is 0 Å². The largest absolute Gasteiger partial charge is 0.258 e. The van der Waals surface area contributed by atoms with Crippen LogP contribution in [0, 0.1) is 0 Å². The van der Waals surface area contributed by atoms with Gasteiger partial charge in [0.1, 0.15) is 0 Å². The lowest BCUT2D eigenvalue weighted by Crippen LogP contribution is -2.38. The van der Waals surface area contributed by atoms with Crippen molar-refractivity contribution in [1.82, 2.24) is 10.9 Å².